The van der Waals surface area contributed by atoms with Gasteiger partial charge < -0.3 is 5.11 Å². The summed E-state index contributed by atoms with van der Waals surface area (Å²) in [5, 5.41) is 9.26. The van der Waals surface area contributed by atoms with Crippen LogP contribution >= 0.6 is 11.3 Å². The Bertz CT molecular complexity index is 474. The van der Waals surface area contributed by atoms with Crippen molar-refractivity contribution < 1.29 is 9.90 Å². The molecule has 0 bridgehead atoms. The van der Waals surface area contributed by atoms with Gasteiger partial charge in [-0.3, -0.25) is 4.79 Å². The summed E-state index contributed by atoms with van der Waals surface area (Å²) in [6, 6.07) is 7.79. The van der Waals surface area contributed by atoms with Crippen molar-refractivity contribution in [1.82, 2.24) is 4.98 Å². The van der Waals surface area contributed by atoms with Crippen LogP contribution in [0.4, 0.5) is 0 Å². The molecule has 3 nitrogen and oxygen atoms in total. The van der Waals surface area contributed by atoms with Crippen molar-refractivity contribution in [3.8, 4) is 0 Å². The Hall–Kier alpha value is -1.26. The zero-order valence-electron chi connectivity index (χ0n) is 9.56. The zero-order valence-corrected chi connectivity index (χ0v) is 10.4. The fraction of sp³-hybridized carbons (Fsp3) is 0.385. The molecule has 0 saturated heterocycles. The summed E-state index contributed by atoms with van der Waals surface area (Å²) >= 11 is 1.46. The lowest BCUT2D eigenvalue weighted by Gasteiger charge is -1.96. The number of carbonyl (C=O) groups excluding carboxylic acids is 1. The predicted molar refractivity (Wildman–Crippen MR) is 69.5 cm³/mol. The summed E-state index contributed by atoms with van der Waals surface area (Å²) in [4.78, 5) is 16.2. The maximum atomic E-state index is 11.9. The third-order valence-electron chi connectivity index (χ3n) is 2.59. The Kier molecular flexibility index (Phi) is 4.23. The number of aliphatic hydroxyl groups is 1. The minimum absolute atomic E-state index is 0.115. The van der Waals surface area contributed by atoms with E-state index in [0.29, 0.717) is 11.4 Å². The number of aromatic nitrogens is 1. The number of benzene rings is 1. The minimum atomic E-state index is 0.115. The van der Waals surface area contributed by atoms with Gasteiger partial charge in [0.15, 0.2) is 10.8 Å². The van der Waals surface area contributed by atoms with E-state index in [1.54, 1.807) is 0 Å². The van der Waals surface area contributed by atoms with Crippen LogP contribution < -0.4 is 0 Å². The highest BCUT2D eigenvalue weighted by Crippen LogP contribution is 2.22. The van der Waals surface area contributed by atoms with Gasteiger partial charge in [0.2, 0.25) is 0 Å². The zero-order chi connectivity index (χ0) is 12.1. The van der Waals surface area contributed by atoms with Crippen LogP contribution in [0, 0.1) is 0 Å². The van der Waals surface area contributed by atoms with Crippen molar-refractivity contribution in [1.29, 1.82) is 0 Å². The van der Waals surface area contributed by atoms with Crippen molar-refractivity contribution in [2.45, 2.75) is 25.7 Å². The highest BCUT2D eigenvalue weighted by molar-refractivity contribution is 7.20. The van der Waals surface area contributed by atoms with E-state index in [1.807, 2.05) is 24.3 Å². The maximum Gasteiger partial charge on any atom is 0.191 e. The van der Waals surface area contributed by atoms with Gasteiger partial charge >= 0.3 is 0 Å². The smallest absolute Gasteiger partial charge is 0.191 e. The average Bonchev–Trinajstić information content (AvgIpc) is 2.78. The molecular formula is C13H15NO2S. The molecule has 0 amide bonds. The van der Waals surface area contributed by atoms with Crippen molar-refractivity contribution in [2.24, 2.45) is 0 Å². The SMILES string of the molecule is O=C(CCCCCO)c1nc2ccccc2s1. The van der Waals surface area contributed by atoms with E-state index in [4.69, 9.17) is 5.11 Å². The van der Waals surface area contributed by atoms with Crippen molar-refractivity contribution >= 4 is 27.3 Å². The van der Waals surface area contributed by atoms with Crippen LogP contribution in [0.15, 0.2) is 24.3 Å². The molecule has 2 aromatic rings. The third kappa shape index (κ3) is 3.11. The summed E-state index contributed by atoms with van der Waals surface area (Å²) in [5.74, 6) is 0.115. The van der Waals surface area contributed by atoms with Gasteiger partial charge in [0.1, 0.15) is 0 Å². The molecule has 0 saturated carbocycles. The van der Waals surface area contributed by atoms with Crippen LogP contribution in [-0.4, -0.2) is 22.5 Å². The van der Waals surface area contributed by atoms with Gasteiger partial charge in [0.05, 0.1) is 10.2 Å². The number of carbonyl (C=O) groups is 1. The van der Waals surface area contributed by atoms with Crippen molar-refractivity contribution in [2.75, 3.05) is 6.61 Å². The molecule has 4 heteroatoms. The van der Waals surface area contributed by atoms with E-state index in [1.165, 1.54) is 11.3 Å². The van der Waals surface area contributed by atoms with Crippen molar-refractivity contribution in [3.05, 3.63) is 29.3 Å². The molecule has 0 fully saturated rings. The molecule has 1 aromatic heterocycles. The van der Waals surface area contributed by atoms with Gasteiger partial charge in [-0.25, -0.2) is 4.98 Å². The van der Waals surface area contributed by atoms with Crippen LogP contribution in [0.1, 0.15) is 35.5 Å². The first-order chi connectivity index (χ1) is 8.31. The number of para-hydroxylation sites is 1. The number of rotatable bonds is 6. The molecule has 0 unspecified atom stereocenters. The van der Waals surface area contributed by atoms with E-state index < -0.39 is 0 Å². The van der Waals surface area contributed by atoms with Gasteiger partial charge in [0.25, 0.3) is 0 Å². The van der Waals surface area contributed by atoms with E-state index in [-0.39, 0.29) is 12.4 Å². The summed E-state index contributed by atoms with van der Waals surface area (Å²) < 4.78 is 1.06. The van der Waals surface area contributed by atoms with Gasteiger partial charge in [-0.2, -0.15) is 0 Å². The van der Waals surface area contributed by atoms with Crippen LogP contribution in [-0.2, 0) is 0 Å². The number of hydrogen-bond acceptors (Lipinski definition) is 4. The topological polar surface area (TPSA) is 50.2 Å². The first kappa shape index (κ1) is 12.2. The van der Waals surface area contributed by atoms with Crippen LogP contribution in [0.2, 0.25) is 0 Å². The Balaban J connectivity index is 1.99. The minimum Gasteiger partial charge on any atom is -0.396 e. The van der Waals surface area contributed by atoms with Crippen LogP contribution in [0.5, 0.6) is 0 Å². The summed E-state index contributed by atoms with van der Waals surface area (Å²) in [6.45, 7) is 0.204. The molecule has 0 aliphatic carbocycles. The number of Topliss-reactive ketones (excluding diaryl/α,β-unsaturated/α-hetero) is 1. The second kappa shape index (κ2) is 5.89. The molecule has 90 valence electrons. The van der Waals surface area contributed by atoms with E-state index >= 15 is 0 Å². The number of fused-ring (bicyclic) bond motifs is 1. The largest absolute Gasteiger partial charge is 0.396 e. The lowest BCUT2D eigenvalue weighted by atomic mass is 10.1. The number of ketones is 1. The number of hydrogen-bond donors (Lipinski definition) is 1. The van der Waals surface area contributed by atoms with Gasteiger partial charge in [-0.15, -0.1) is 11.3 Å². The van der Waals surface area contributed by atoms with Crippen molar-refractivity contribution in [3.63, 3.8) is 0 Å². The molecule has 1 aromatic carbocycles. The summed E-state index contributed by atoms with van der Waals surface area (Å²) in [6.07, 6.45) is 3.02. The molecule has 1 heterocycles. The Morgan fingerprint density at radius 3 is 2.82 bits per heavy atom. The normalized spacial score (nSPS) is 10.9. The fourth-order valence-electron chi connectivity index (χ4n) is 1.67. The quantitative estimate of drug-likeness (QED) is 0.632. The maximum absolute atomic E-state index is 11.9. The molecular weight excluding hydrogens is 234 g/mol. The molecule has 0 aliphatic rings. The molecule has 0 aliphatic heterocycles. The van der Waals surface area contributed by atoms with E-state index in [2.05, 4.69) is 4.98 Å². The molecule has 0 radical (unpaired) electrons. The first-order valence-electron chi connectivity index (χ1n) is 5.81. The highest BCUT2D eigenvalue weighted by Gasteiger charge is 2.11. The molecule has 0 spiro atoms. The number of unbranched alkanes of at least 4 members (excludes halogenated alkanes) is 2. The monoisotopic (exact) mass is 249 g/mol. The Morgan fingerprint density at radius 2 is 2.06 bits per heavy atom. The van der Waals surface area contributed by atoms with Crippen LogP contribution in [0.25, 0.3) is 10.2 Å². The third-order valence-corrected chi connectivity index (χ3v) is 3.67. The Morgan fingerprint density at radius 1 is 1.24 bits per heavy atom. The average molecular weight is 249 g/mol. The second-order valence-corrected chi connectivity index (χ2v) is 4.97. The standard InChI is InChI=1S/C13H15NO2S/c15-9-5-1-2-7-11(16)13-14-10-6-3-4-8-12(10)17-13/h3-4,6,8,15H,1-2,5,7,9H2. The summed E-state index contributed by atoms with van der Waals surface area (Å²) in [7, 11) is 0. The first-order valence-corrected chi connectivity index (χ1v) is 6.62. The number of aliphatic hydroxyl groups excluding tert-OH is 1. The molecule has 1 N–H and O–H groups in total. The molecule has 2 rings (SSSR count). The number of thiazole rings is 1. The van der Waals surface area contributed by atoms with E-state index in [9.17, 15) is 4.79 Å². The second-order valence-electron chi connectivity index (χ2n) is 3.94. The van der Waals surface area contributed by atoms with Gasteiger partial charge in [0, 0.05) is 13.0 Å². The Labute approximate surface area is 104 Å². The lowest BCUT2D eigenvalue weighted by molar-refractivity contribution is 0.0978. The van der Waals surface area contributed by atoms with Gasteiger partial charge in [-0.1, -0.05) is 18.6 Å². The number of nitrogens with zero attached hydrogens (tertiary/aromatic N) is 1. The molecule has 0 atom stereocenters. The van der Waals surface area contributed by atoms with Gasteiger partial charge in [-0.05, 0) is 25.0 Å². The fourth-order valence-corrected chi connectivity index (χ4v) is 2.61. The molecule has 17 heavy (non-hydrogen) atoms. The van der Waals surface area contributed by atoms with Crippen LogP contribution in [0.3, 0.4) is 0 Å². The van der Waals surface area contributed by atoms with E-state index in [0.717, 1.165) is 29.5 Å². The summed E-state index contributed by atoms with van der Waals surface area (Å²) in [5.41, 5.74) is 0.899. The highest BCUT2D eigenvalue weighted by atomic mass is 32.1. The lowest BCUT2D eigenvalue weighted by Crippen LogP contribution is -1.98. The predicted octanol–water partition coefficient (Wildman–Crippen LogP) is 3.03.